The van der Waals surface area contributed by atoms with Gasteiger partial charge in [-0.25, -0.2) is 4.79 Å². The van der Waals surface area contributed by atoms with Crippen molar-refractivity contribution in [1.82, 2.24) is 4.90 Å². The number of likely N-dealkylation sites (tertiary alicyclic amines) is 1. The first-order chi connectivity index (χ1) is 10.2. The quantitative estimate of drug-likeness (QED) is 0.745. The molecule has 1 unspecified atom stereocenters. The van der Waals surface area contributed by atoms with Gasteiger partial charge in [0.1, 0.15) is 12.4 Å². The van der Waals surface area contributed by atoms with Crippen LogP contribution in [0.4, 0.5) is 0 Å². The summed E-state index contributed by atoms with van der Waals surface area (Å²) in [6, 6.07) is 7.35. The Balaban J connectivity index is 1.78. The predicted octanol–water partition coefficient (Wildman–Crippen LogP) is 1.48. The fourth-order valence-electron chi connectivity index (χ4n) is 2.43. The minimum absolute atomic E-state index is 0.259. The highest BCUT2D eigenvalue weighted by atomic mass is 16.5. The monoisotopic (exact) mass is 291 g/mol. The molecule has 114 valence electrons. The number of aliphatic hydroxyl groups excluding tert-OH is 1. The lowest BCUT2D eigenvalue weighted by atomic mass is 10.1. The standard InChI is InChI=1S/C16H21NO4/c18-12-14-6-7-17(11-14)8-9-21-15-3-1-2-13(10-15)4-5-16(19)20/h1-5,10,14,18H,6-9,11-12H2,(H,19,20)/b5-4+. The zero-order chi connectivity index (χ0) is 15.1. The second-order valence-electron chi connectivity index (χ2n) is 5.23. The van der Waals surface area contributed by atoms with Crippen molar-refractivity contribution in [3.05, 3.63) is 35.9 Å². The summed E-state index contributed by atoms with van der Waals surface area (Å²) in [5, 5.41) is 17.7. The highest BCUT2D eigenvalue weighted by Gasteiger charge is 2.20. The van der Waals surface area contributed by atoms with E-state index in [2.05, 4.69) is 4.90 Å². The lowest BCUT2D eigenvalue weighted by Crippen LogP contribution is -2.26. The van der Waals surface area contributed by atoms with E-state index < -0.39 is 5.97 Å². The van der Waals surface area contributed by atoms with Gasteiger partial charge in [-0.15, -0.1) is 0 Å². The molecule has 2 N–H and O–H groups in total. The van der Waals surface area contributed by atoms with Gasteiger partial charge in [0.15, 0.2) is 0 Å². The maximum Gasteiger partial charge on any atom is 0.328 e. The smallest absolute Gasteiger partial charge is 0.328 e. The van der Waals surface area contributed by atoms with Gasteiger partial charge >= 0.3 is 5.97 Å². The van der Waals surface area contributed by atoms with Crippen molar-refractivity contribution in [2.45, 2.75) is 6.42 Å². The van der Waals surface area contributed by atoms with Crippen molar-refractivity contribution in [2.24, 2.45) is 5.92 Å². The van der Waals surface area contributed by atoms with Crippen LogP contribution in [0.1, 0.15) is 12.0 Å². The van der Waals surface area contributed by atoms with Crippen LogP contribution in [-0.2, 0) is 4.79 Å². The lowest BCUT2D eigenvalue weighted by Gasteiger charge is -2.16. The number of aliphatic hydroxyl groups is 1. The third kappa shape index (κ3) is 5.21. The Morgan fingerprint density at radius 2 is 2.33 bits per heavy atom. The third-order valence-electron chi connectivity index (χ3n) is 3.58. The maximum atomic E-state index is 10.5. The van der Waals surface area contributed by atoms with Crippen LogP contribution in [0.15, 0.2) is 30.3 Å². The number of hydrogen-bond donors (Lipinski definition) is 2. The van der Waals surface area contributed by atoms with E-state index in [-0.39, 0.29) is 6.61 Å². The molecule has 1 fully saturated rings. The number of nitrogens with zero attached hydrogens (tertiary/aromatic N) is 1. The van der Waals surface area contributed by atoms with E-state index in [1.165, 1.54) is 0 Å². The van der Waals surface area contributed by atoms with E-state index in [9.17, 15) is 4.79 Å². The molecule has 1 aliphatic heterocycles. The largest absolute Gasteiger partial charge is 0.492 e. The minimum atomic E-state index is -0.964. The number of carboxylic acids is 1. The summed E-state index contributed by atoms with van der Waals surface area (Å²) in [4.78, 5) is 12.8. The summed E-state index contributed by atoms with van der Waals surface area (Å²) in [5.74, 6) is 0.170. The second-order valence-corrected chi connectivity index (χ2v) is 5.23. The number of ether oxygens (including phenoxy) is 1. The molecule has 0 aromatic heterocycles. The summed E-state index contributed by atoms with van der Waals surface area (Å²) >= 11 is 0. The average Bonchev–Trinajstić information content (AvgIpc) is 2.94. The van der Waals surface area contributed by atoms with Crippen LogP contribution in [0, 0.1) is 5.92 Å². The van der Waals surface area contributed by atoms with Crippen LogP contribution < -0.4 is 4.74 Å². The van der Waals surface area contributed by atoms with Gasteiger partial charge in [-0.1, -0.05) is 12.1 Å². The van der Waals surface area contributed by atoms with Crippen LogP contribution >= 0.6 is 0 Å². The Morgan fingerprint density at radius 1 is 1.48 bits per heavy atom. The van der Waals surface area contributed by atoms with Crippen molar-refractivity contribution >= 4 is 12.0 Å². The van der Waals surface area contributed by atoms with E-state index in [1.54, 1.807) is 6.08 Å². The number of aliphatic carboxylic acids is 1. The van der Waals surface area contributed by atoms with Crippen molar-refractivity contribution < 1.29 is 19.7 Å². The second kappa shape index (κ2) is 7.81. The molecule has 2 rings (SSSR count). The Labute approximate surface area is 124 Å². The fraction of sp³-hybridized carbons (Fsp3) is 0.438. The zero-order valence-corrected chi connectivity index (χ0v) is 11.9. The average molecular weight is 291 g/mol. The molecule has 1 saturated heterocycles. The van der Waals surface area contributed by atoms with Crippen molar-refractivity contribution in [1.29, 1.82) is 0 Å². The topological polar surface area (TPSA) is 70.0 Å². The molecule has 1 aromatic rings. The summed E-state index contributed by atoms with van der Waals surface area (Å²) in [5.41, 5.74) is 0.802. The number of benzene rings is 1. The molecule has 5 heteroatoms. The molecular formula is C16H21NO4. The van der Waals surface area contributed by atoms with Gasteiger partial charge < -0.3 is 14.9 Å². The molecule has 0 radical (unpaired) electrons. The van der Waals surface area contributed by atoms with Gasteiger partial charge in [-0.2, -0.15) is 0 Å². The van der Waals surface area contributed by atoms with Gasteiger partial charge in [0, 0.05) is 25.8 Å². The first-order valence-electron chi connectivity index (χ1n) is 7.14. The Kier molecular flexibility index (Phi) is 5.78. The Bertz CT molecular complexity index is 501. The Morgan fingerprint density at radius 3 is 3.05 bits per heavy atom. The number of carboxylic acid groups (broad SMARTS) is 1. The van der Waals surface area contributed by atoms with Crippen molar-refractivity contribution in [3.63, 3.8) is 0 Å². The first-order valence-corrected chi connectivity index (χ1v) is 7.14. The molecule has 1 aromatic carbocycles. The van der Waals surface area contributed by atoms with Gasteiger partial charge in [-0.05, 0) is 42.7 Å². The van der Waals surface area contributed by atoms with Gasteiger partial charge in [-0.3, -0.25) is 4.90 Å². The van der Waals surface area contributed by atoms with Gasteiger partial charge in [0.05, 0.1) is 0 Å². The van der Waals surface area contributed by atoms with Crippen LogP contribution in [0.5, 0.6) is 5.75 Å². The number of hydrogen-bond acceptors (Lipinski definition) is 4. The summed E-state index contributed by atoms with van der Waals surface area (Å²) in [6.45, 7) is 3.63. The predicted molar refractivity (Wildman–Crippen MR) is 80.2 cm³/mol. The van der Waals surface area contributed by atoms with Crippen molar-refractivity contribution in [2.75, 3.05) is 32.8 Å². The van der Waals surface area contributed by atoms with Crippen LogP contribution in [0.3, 0.4) is 0 Å². The Hall–Kier alpha value is -1.85. The molecule has 0 spiro atoms. The number of carbonyl (C=O) groups is 1. The van der Waals surface area contributed by atoms with E-state index in [4.69, 9.17) is 14.9 Å². The van der Waals surface area contributed by atoms with Crippen LogP contribution in [-0.4, -0.2) is 53.9 Å². The highest BCUT2D eigenvalue weighted by Crippen LogP contribution is 2.17. The molecule has 5 nitrogen and oxygen atoms in total. The molecule has 0 bridgehead atoms. The minimum Gasteiger partial charge on any atom is -0.492 e. The van der Waals surface area contributed by atoms with E-state index in [1.807, 2.05) is 24.3 Å². The van der Waals surface area contributed by atoms with Gasteiger partial charge in [0.2, 0.25) is 0 Å². The SMILES string of the molecule is O=C(O)/C=C/c1cccc(OCCN2CCC(CO)C2)c1. The molecule has 0 saturated carbocycles. The molecule has 21 heavy (non-hydrogen) atoms. The maximum absolute atomic E-state index is 10.5. The molecule has 1 aliphatic rings. The molecule has 0 amide bonds. The summed E-state index contributed by atoms with van der Waals surface area (Å²) in [6.07, 6.45) is 3.70. The highest BCUT2D eigenvalue weighted by molar-refractivity contribution is 5.85. The summed E-state index contributed by atoms with van der Waals surface area (Å²) < 4.78 is 5.70. The summed E-state index contributed by atoms with van der Waals surface area (Å²) in [7, 11) is 0. The normalized spacial score (nSPS) is 19.2. The molecular weight excluding hydrogens is 270 g/mol. The van der Waals surface area contributed by atoms with Crippen LogP contribution in [0.25, 0.3) is 6.08 Å². The molecule has 1 atom stereocenters. The first kappa shape index (κ1) is 15.5. The fourth-order valence-corrected chi connectivity index (χ4v) is 2.43. The third-order valence-corrected chi connectivity index (χ3v) is 3.58. The van der Waals surface area contributed by atoms with E-state index in [0.717, 1.165) is 43.4 Å². The zero-order valence-electron chi connectivity index (χ0n) is 11.9. The lowest BCUT2D eigenvalue weighted by molar-refractivity contribution is -0.131. The molecule has 1 heterocycles. The van der Waals surface area contributed by atoms with Gasteiger partial charge in [0.25, 0.3) is 0 Å². The van der Waals surface area contributed by atoms with E-state index in [0.29, 0.717) is 12.5 Å². The number of rotatable bonds is 7. The van der Waals surface area contributed by atoms with Crippen molar-refractivity contribution in [3.8, 4) is 5.75 Å². The van der Waals surface area contributed by atoms with Crippen LogP contribution in [0.2, 0.25) is 0 Å². The van der Waals surface area contributed by atoms with E-state index >= 15 is 0 Å². The molecule has 0 aliphatic carbocycles.